The quantitative estimate of drug-likeness (QED) is 0.380. The molecule has 0 fully saturated rings. The van der Waals surface area contributed by atoms with Gasteiger partial charge in [-0.2, -0.15) is 0 Å². The number of hydrogen-bond donors (Lipinski definition) is 0. The third kappa shape index (κ3) is 4.28. The molecule has 3 aromatic carbocycles. The van der Waals surface area contributed by atoms with Crippen molar-refractivity contribution in [2.24, 2.45) is 0 Å². The minimum absolute atomic E-state index is 0.466. The van der Waals surface area contributed by atoms with Crippen LogP contribution in [-0.4, -0.2) is 34.1 Å². The van der Waals surface area contributed by atoms with Gasteiger partial charge in [0, 0.05) is 11.9 Å². The molecule has 0 spiro atoms. The maximum Gasteiger partial charge on any atom is 0.147 e. The minimum atomic E-state index is 0.466. The Balaban J connectivity index is 1.56. The van der Waals surface area contributed by atoms with Crippen LogP contribution in [0.3, 0.4) is 0 Å². The van der Waals surface area contributed by atoms with Crippen LogP contribution in [0, 0.1) is 0 Å². The van der Waals surface area contributed by atoms with Gasteiger partial charge in [-0.3, -0.25) is 0 Å². The molecule has 1 aromatic heterocycles. The lowest BCUT2D eigenvalue weighted by Gasteiger charge is -2.18. The van der Waals surface area contributed by atoms with Gasteiger partial charge in [-0.25, -0.2) is 4.98 Å². The van der Waals surface area contributed by atoms with E-state index in [1.807, 2.05) is 18.2 Å². The van der Waals surface area contributed by atoms with Crippen molar-refractivity contribution in [2.45, 2.75) is 33.4 Å². The summed E-state index contributed by atoms with van der Waals surface area (Å²) in [6.45, 7) is 9.15. The molecule has 4 nitrogen and oxygen atoms in total. The van der Waals surface area contributed by atoms with Crippen molar-refractivity contribution in [3.05, 3.63) is 72.6 Å². The molecule has 0 bridgehead atoms. The van der Waals surface area contributed by atoms with E-state index in [0.717, 1.165) is 55.1 Å². The molecule has 0 saturated heterocycles. The van der Waals surface area contributed by atoms with Gasteiger partial charge in [-0.05, 0) is 49.6 Å². The Bertz CT molecular complexity index is 1080. The third-order valence-corrected chi connectivity index (χ3v) is 5.59. The monoisotopic (exact) mass is 387 g/mol. The average Bonchev–Trinajstić information content (AvgIpc) is 3.13. The molecular formula is C25H29N3O. The van der Waals surface area contributed by atoms with E-state index in [0.29, 0.717) is 6.61 Å². The highest BCUT2D eigenvalue weighted by atomic mass is 16.5. The summed E-state index contributed by atoms with van der Waals surface area (Å²) in [6, 6.07) is 22.9. The molecule has 29 heavy (non-hydrogen) atoms. The van der Waals surface area contributed by atoms with Crippen molar-refractivity contribution in [2.75, 3.05) is 19.6 Å². The largest absolute Gasteiger partial charge is 0.485 e. The molecule has 0 unspecified atom stereocenters. The third-order valence-electron chi connectivity index (χ3n) is 5.59. The van der Waals surface area contributed by atoms with Crippen molar-refractivity contribution in [3.63, 3.8) is 0 Å². The Morgan fingerprint density at radius 3 is 2.52 bits per heavy atom. The molecule has 0 aliphatic rings. The van der Waals surface area contributed by atoms with Crippen molar-refractivity contribution < 1.29 is 4.74 Å². The zero-order chi connectivity index (χ0) is 20.1. The highest BCUT2D eigenvalue weighted by Gasteiger charge is 2.12. The predicted molar refractivity (Wildman–Crippen MR) is 120 cm³/mol. The lowest BCUT2D eigenvalue weighted by Crippen LogP contribution is -2.25. The van der Waals surface area contributed by atoms with E-state index in [2.05, 4.69) is 71.8 Å². The first kappa shape index (κ1) is 19.5. The van der Waals surface area contributed by atoms with Crippen LogP contribution >= 0.6 is 0 Å². The molecule has 0 atom stereocenters. The number of aryl methyl sites for hydroxylation is 1. The van der Waals surface area contributed by atoms with Gasteiger partial charge in [-0.15, -0.1) is 0 Å². The summed E-state index contributed by atoms with van der Waals surface area (Å²) in [4.78, 5) is 7.33. The van der Waals surface area contributed by atoms with Gasteiger partial charge in [-0.1, -0.05) is 62.4 Å². The van der Waals surface area contributed by atoms with E-state index >= 15 is 0 Å². The van der Waals surface area contributed by atoms with Crippen molar-refractivity contribution >= 4 is 21.8 Å². The Kier molecular flexibility index (Phi) is 6.11. The molecule has 0 radical (unpaired) electrons. The number of benzene rings is 3. The number of rotatable bonds is 9. The predicted octanol–water partition coefficient (Wildman–Crippen LogP) is 5.50. The minimum Gasteiger partial charge on any atom is -0.485 e. The SMILES string of the molecule is CCN(CC)CCCn1c(COc2cccc3ccccc23)nc2ccccc21. The van der Waals surface area contributed by atoms with Crippen LogP contribution in [0.25, 0.3) is 21.8 Å². The zero-order valence-electron chi connectivity index (χ0n) is 17.3. The maximum atomic E-state index is 6.25. The van der Waals surface area contributed by atoms with E-state index in [1.54, 1.807) is 0 Å². The molecule has 0 aliphatic carbocycles. The molecule has 4 rings (SSSR count). The molecule has 150 valence electrons. The first-order valence-corrected chi connectivity index (χ1v) is 10.6. The summed E-state index contributed by atoms with van der Waals surface area (Å²) in [7, 11) is 0. The smallest absolute Gasteiger partial charge is 0.147 e. The Morgan fingerprint density at radius 1 is 0.897 bits per heavy atom. The molecule has 0 saturated carbocycles. The number of imidazole rings is 1. The van der Waals surface area contributed by atoms with Crippen LogP contribution < -0.4 is 4.74 Å². The lowest BCUT2D eigenvalue weighted by atomic mass is 10.1. The fourth-order valence-corrected chi connectivity index (χ4v) is 3.94. The molecule has 0 N–H and O–H groups in total. The average molecular weight is 388 g/mol. The van der Waals surface area contributed by atoms with Gasteiger partial charge in [0.05, 0.1) is 11.0 Å². The first-order chi connectivity index (χ1) is 14.3. The number of para-hydroxylation sites is 2. The Hall–Kier alpha value is -2.85. The second kappa shape index (κ2) is 9.10. The summed E-state index contributed by atoms with van der Waals surface area (Å²) < 4.78 is 8.57. The molecule has 0 amide bonds. The number of ether oxygens (including phenoxy) is 1. The molecule has 0 aliphatic heterocycles. The van der Waals surface area contributed by atoms with Crippen LogP contribution in [0.5, 0.6) is 5.75 Å². The Morgan fingerprint density at radius 2 is 1.66 bits per heavy atom. The van der Waals surface area contributed by atoms with Gasteiger partial charge >= 0.3 is 0 Å². The van der Waals surface area contributed by atoms with Crippen LogP contribution in [-0.2, 0) is 13.2 Å². The van der Waals surface area contributed by atoms with Gasteiger partial charge in [0.25, 0.3) is 0 Å². The van der Waals surface area contributed by atoms with Crippen LogP contribution in [0.1, 0.15) is 26.1 Å². The highest BCUT2D eigenvalue weighted by Crippen LogP contribution is 2.26. The highest BCUT2D eigenvalue weighted by molar-refractivity contribution is 5.88. The number of hydrogen-bond acceptors (Lipinski definition) is 3. The van der Waals surface area contributed by atoms with Crippen LogP contribution in [0.2, 0.25) is 0 Å². The second-order valence-electron chi connectivity index (χ2n) is 7.31. The fourth-order valence-electron chi connectivity index (χ4n) is 3.94. The zero-order valence-corrected chi connectivity index (χ0v) is 17.3. The van der Waals surface area contributed by atoms with E-state index in [9.17, 15) is 0 Å². The topological polar surface area (TPSA) is 30.3 Å². The van der Waals surface area contributed by atoms with E-state index < -0.39 is 0 Å². The van der Waals surface area contributed by atoms with Gasteiger partial charge in [0.15, 0.2) is 0 Å². The van der Waals surface area contributed by atoms with E-state index in [4.69, 9.17) is 9.72 Å². The Labute approximate surface area is 172 Å². The number of fused-ring (bicyclic) bond motifs is 2. The normalized spacial score (nSPS) is 11.6. The van der Waals surface area contributed by atoms with Gasteiger partial charge in [0.2, 0.25) is 0 Å². The van der Waals surface area contributed by atoms with Crippen molar-refractivity contribution in [1.82, 2.24) is 14.5 Å². The number of aromatic nitrogens is 2. The molecule has 4 heteroatoms. The summed E-state index contributed by atoms with van der Waals surface area (Å²) in [5.41, 5.74) is 2.22. The van der Waals surface area contributed by atoms with Crippen LogP contribution in [0.4, 0.5) is 0 Å². The molecule has 1 heterocycles. The molecule has 4 aromatic rings. The lowest BCUT2D eigenvalue weighted by molar-refractivity contribution is 0.280. The summed E-state index contributed by atoms with van der Waals surface area (Å²) in [5, 5.41) is 2.33. The first-order valence-electron chi connectivity index (χ1n) is 10.6. The van der Waals surface area contributed by atoms with Gasteiger partial charge < -0.3 is 14.2 Å². The van der Waals surface area contributed by atoms with Crippen molar-refractivity contribution in [3.8, 4) is 5.75 Å². The summed E-state index contributed by atoms with van der Waals surface area (Å²) >= 11 is 0. The maximum absolute atomic E-state index is 6.25. The van der Waals surface area contributed by atoms with Gasteiger partial charge in [0.1, 0.15) is 18.2 Å². The standard InChI is InChI=1S/C25H29N3O/c1-3-27(4-2)17-10-18-28-23-15-8-7-14-22(23)26-25(28)19-29-24-16-9-12-20-11-5-6-13-21(20)24/h5-9,11-16H,3-4,10,17-19H2,1-2H3. The van der Waals surface area contributed by atoms with E-state index in [-0.39, 0.29) is 0 Å². The fraction of sp³-hybridized carbons (Fsp3) is 0.320. The summed E-state index contributed by atoms with van der Waals surface area (Å²) in [5.74, 6) is 1.89. The second-order valence-corrected chi connectivity index (χ2v) is 7.31. The number of nitrogens with zero attached hydrogens (tertiary/aromatic N) is 3. The van der Waals surface area contributed by atoms with Crippen LogP contribution in [0.15, 0.2) is 66.7 Å². The van der Waals surface area contributed by atoms with E-state index in [1.165, 1.54) is 10.9 Å². The summed E-state index contributed by atoms with van der Waals surface area (Å²) in [6.07, 6.45) is 1.10. The van der Waals surface area contributed by atoms with Crippen molar-refractivity contribution in [1.29, 1.82) is 0 Å². The molecular weight excluding hydrogens is 358 g/mol.